The Labute approximate surface area is 132 Å². The van der Waals surface area contributed by atoms with Gasteiger partial charge in [-0.05, 0) is 0 Å². The summed E-state index contributed by atoms with van der Waals surface area (Å²) in [4.78, 5) is 5.35. The Balaban J connectivity index is -0.000000218. The first-order valence-corrected chi connectivity index (χ1v) is 4.79. The third kappa shape index (κ3) is 11.1. The number of hydrogen-bond acceptors (Lipinski definition) is 6. The maximum absolute atomic E-state index is 8.01. The third-order valence-electron chi connectivity index (χ3n) is 0.795. The van der Waals surface area contributed by atoms with Gasteiger partial charge < -0.3 is 50.5 Å². The summed E-state index contributed by atoms with van der Waals surface area (Å²) < 4.78 is 0. The van der Waals surface area contributed by atoms with Crippen LogP contribution in [-0.4, -0.2) is 0 Å². The minimum atomic E-state index is -0.116. The van der Waals surface area contributed by atoms with Crippen molar-refractivity contribution in [1.82, 2.24) is 0 Å². The molecule has 4 nitrogen and oxygen atoms in total. The summed E-state index contributed by atoms with van der Waals surface area (Å²) in [5, 5.41) is 15.8. The number of rotatable bonds is 0. The fraction of sp³-hybridized carbons (Fsp3) is 0. The summed E-state index contributed by atoms with van der Waals surface area (Å²) in [6, 6.07) is 3.17. The predicted octanol–water partition coefficient (Wildman–Crippen LogP) is 1.38. The zero-order chi connectivity index (χ0) is 13.1. The van der Waals surface area contributed by atoms with Crippen molar-refractivity contribution in [3.63, 3.8) is 0 Å². The minimum Gasteiger partial charge on any atom is -0.826 e. The number of allylic oxidation sites excluding steroid dienone is 2. The molecule has 0 heterocycles. The summed E-state index contributed by atoms with van der Waals surface area (Å²) in [6.45, 7) is 12.6. The monoisotopic (exact) mass is 338 g/mol. The zero-order valence-corrected chi connectivity index (χ0v) is 12.0. The van der Waals surface area contributed by atoms with E-state index in [2.05, 4.69) is 60.2 Å². The van der Waals surface area contributed by atoms with Crippen molar-refractivity contribution in [1.29, 1.82) is 10.5 Å². The van der Waals surface area contributed by atoms with Crippen LogP contribution in [0.2, 0.25) is 0 Å². The Bertz CT molecular complexity index is 394. The minimum absolute atomic E-state index is 0. The first-order valence-electron chi connectivity index (χ1n) is 3.16. The van der Waals surface area contributed by atoms with E-state index in [4.69, 9.17) is 23.7 Å². The standard InChI is InChI=1S/2C4H2N2S2.Ni/c1-5-3(7)4(8)6-2;5-1-3(7)4(8)2-6;/h2*7-8H;/p-4. The largest absolute Gasteiger partial charge is 0.826 e. The van der Waals surface area contributed by atoms with E-state index in [1.54, 1.807) is 12.1 Å². The van der Waals surface area contributed by atoms with Crippen molar-refractivity contribution in [3.05, 3.63) is 42.7 Å². The second kappa shape index (κ2) is 12.9. The number of nitriles is 2. The van der Waals surface area contributed by atoms with Gasteiger partial charge in [0.25, 0.3) is 0 Å². The molecule has 0 aliphatic rings. The van der Waals surface area contributed by atoms with Gasteiger partial charge in [0.05, 0.1) is 25.3 Å². The molecule has 90 valence electrons. The summed E-state index contributed by atoms with van der Waals surface area (Å²) in [6.07, 6.45) is 0. The molecule has 0 N–H and O–H groups in total. The van der Waals surface area contributed by atoms with Crippen LogP contribution in [0.1, 0.15) is 0 Å². The van der Waals surface area contributed by atoms with Gasteiger partial charge in [0.2, 0.25) is 0 Å². The van der Waals surface area contributed by atoms with E-state index in [1.807, 2.05) is 0 Å². The molecule has 0 bridgehead atoms. The van der Waals surface area contributed by atoms with Crippen LogP contribution in [0.4, 0.5) is 0 Å². The Hall–Kier alpha value is -1.19. The maximum Gasteiger partial charge on any atom is 0.0878 e. The molecule has 0 fully saturated rings. The van der Waals surface area contributed by atoms with Crippen molar-refractivity contribution in [3.8, 4) is 12.1 Å². The average molecular weight is 339 g/mol. The summed E-state index contributed by atoms with van der Waals surface area (Å²) in [5.41, 5.74) is 0. The average Bonchev–Trinajstić information content (AvgIpc) is 2.35. The van der Waals surface area contributed by atoms with Gasteiger partial charge in [-0.15, -0.1) is 9.81 Å². The fourth-order valence-electron chi connectivity index (χ4n) is 0.197. The van der Waals surface area contributed by atoms with Gasteiger partial charge in [-0.1, -0.05) is 0 Å². The Morgan fingerprint density at radius 3 is 1.18 bits per heavy atom. The molecule has 0 rings (SSSR count). The van der Waals surface area contributed by atoms with Crippen molar-refractivity contribution >= 4 is 50.5 Å². The van der Waals surface area contributed by atoms with E-state index in [-0.39, 0.29) is 36.4 Å². The molecular formula is C8N4NiS4-4. The quantitative estimate of drug-likeness (QED) is 0.288. The Morgan fingerprint density at radius 1 is 0.824 bits per heavy atom. The number of hydrogen-bond donors (Lipinski definition) is 0. The van der Waals surface area contributed by atoms with Gasteiger partial charge in [-0.2, -0.15) is 10.5 Å². The molecule has 0 saturated carbocycles. The summed E-state index contributed by atoms with van der Waals surface area (Å²) >= 11 is 17.4. The second-order valence-corrected chi connectivity index (χ2v) is 3.31. The predicted molar refractivity (Wildman–Crippen MR) is 67.9 cm³/mol. The van der Waals surface area contributed by atoms with Crippen LogP contribution in [0, 0.1) is 35.8 Å². The van der Waals surface area contributed by atoms with Crippen LogP contribution in [0.3, 0.4) is 0 Å². The smallest absolute Gasteiger partial charge is 0.0878 e. The van der Waals surface area contributed by atoms with Crippen LogP contribution in [-0.2, 0) is 67.0 Å². The molecule has 0 spiro atoms. The molecule has 0 saturated heterocycles. The molecule has 9 heteroatoms. The molecule has 0 amide bonds. The van der Waals surface area contributed by atoms with Gasteiger partial charge in [0.1, 0.15) is 0 Å². The fourth-order valence-corrected chi connectivity index (χ4v) is 0.380. The van der Waals surface area contributed by atoms with Crippen LogP contribution in [0.25, 0.3) is 9.69 Å². The van der Waals surface area contributed by atoms with Gasteiger partial charge in [0.15, 0.2) is 0 Å². The molecule has 0 aromatic rings. The summed E-state index contributed by atoms with van der Waals surface area (Å²) in [7, 11) is 0. The Kier molecular flexibility index (Phi) is 16.0. The van der Waals surface area contributed by atoms with E-state index in [0.717, 1.165) is 0 Å². The van der Waals surface area contributed by atoms with Crippen LogP contribution < -0.4 is 0 Å². The SMILES string of the molecule is N#CC([S-])=C([S-])C#N.[C-]#[N+]C([S-])=C([S-])[N+]#[C-].[Ni]. The summed E-state index contributed by atoms with van der Waals surface area (Å²) in [5.74, 6) is 0. The zero-order valence-electron chi connectivity index (χ0n) is 7.74. The van der Waals surface area contributed by atoms with Crippen molar-refractivity contribution in [2.45, 2.75) is 0 Å². The molecule has 0 radical (unpaired) electrons. The van der Waals surface area contributed by atoms with E-state index in [1.165, 1.54) is 0 Å². The van der Waals surface area contributed by atoms with Crippen LogP contribution in [0.15, 0.2) is 19.9 Å². The van der Waals surface area contributed by atoms with E-state index < -0.39 is 0 Å². The van der Waals surface area contributed by atoms with Gasteiger partial charge >= 0.3 is 0 Å². The van der Waals surface area contributed by atoms with E-state index in [9.17, 15) is 0 Å². The molecule has 17 heavy (non-hydrogen) atoms. The first kappa shape index (κ1) is 21.1. The molecule has 0 aliphatic carbocycles. The normalized spacial score (nSPS) is 10.1. The molecule has 0 aliphatic heterocycles. The number of nitrogens with zero attached hydrogens (tertiary/aromatic N) is 4. The molecule has 0 unspecified atom stereocenters. The second-order valence-electron chi connectivity index (χ2n) is 1.72. The Morgan fingerprint density at radius 2 is 1.06 bits per heavy atom. The maximum atomic E-state index is 8.01. The first-order chi connectivity index (χ1) is 7.44. The van der Waals surface area contributed by atoms with Gasteiger partial charge in [-0.25, -0.2) is 0 Å². The van der Waals surface area contributed by atoms with E-state index in [0.29, 0.717) is 0 Å². The van der Waals surface area contributed by atoms with Crippen LogP contribution in [0.5, 0.6) is 0 Å². The molecule has 0 aromatic carbocycles. The third-order valence-corrected chi connectivity index (χ3v) is 2.21. The van der Waals surface area contributed by atoms with Gasteiger partial charge in [0, 0.05) is 26.5 Å². The molecule has 0 atom stereocenters. The topological polar surface area (TPSA) is 56.3 Å². The van der Waals surface area contributed by atoms with Crippen molar-refractivity contribution in [2.24, 2.45) is 0 Å². The van der Waals surface area contributed by atoms with Crippen molar-refractivity contribution in [2.75, 3.05) is 0 Å². The molecular weight excluding hydrogens is 339 g/mol. The van der Waals surface area contributed by atoms with Crippen LogP contribution >= 0.6 is 0 Å². The van der Waals surface area contributed by atoms with Gasteiger partial charge in [-0.3, -0.25) is 9.69 Å². The van der Waals surface area contributed by atoms with Crippen molar-refractivity contribution < 1.29 is 16.5 Å². The van der Waals surface area contributed by atoms with E-state index >= 15 is 0 Å². The molecule has 0 aromatic heterocycles.